The van der Waals surface area contributed by atoms with Crippen LogP contribution >= 0.6 is 0 Å². The molecule has 0 fully saturated rings. The summed E-state index contributed by atoms with van der Waals surface area (Å²) in [6.45, 7) is 2.70. The number of methoxy groups -OCH3 is 1. The van der Waals surface area contributed by atoms with E-state index in [1.54, 1.807) is 7.11 Å². The van der Waals surface area contributed by atoms with Crippen LogP contribution in [-0.2, 0) is 6.54 Å². The van der Waals surface area contributed by atoms with Gasteiger partial charge in [0, 0.05) is 19.6 Å². The number of fused-ring (bicyclic) bond motifs is 1. The lowest BCUT2D eigenvalue weighted by Gasteiger charge is -2.16. The number of rotatable bonds is 3. The molecule has 20 heavy (non-hydrogen) atoms. The number of ether oxygens (including phenoxy) is 1. The summed E-state index contributed by atoms with van der Waals surface area (Å²) < 4.78 is 5.24. The van der Waals surface area contributed by atoms with Gasteiger partial charge in [-0.3, -0.25) is 4.99 Å². The van der Waals surface area contributed by atoms with Crippen molar-refractivity contribution in [2.45, 2.75) is 13.0 Å². The largest absolute Gasteiger partial charge is 0.497 e. The monoisotopic (exact) mass is 269 g/mol. The molecule has 2 aromatic rings. The van der Waals surface area contributed by atoms with Crippen LogP contribution in [0.4, 0.5) is 0 Å². The summed E-state index contributed by atoms with van der Waals surface area (Å²) in [4.78, 5) is 4.41. The maximum atomic E-state index is 5.24. The minimum Gasteiger partial charge on any atom is -0.497 e. The molecule has 0 aromatic heterocycles. The SMILES string of the molecule is COc1ccc2cc(CNC3=NCCCN3)ccc2c1. The van der Waals surface area contributed by atoms with Gasteiger partial charge in [0.15, 0.2) is 5.96 Å². The molecule has 104 valence electrons. The first-order chi connectivity index (χ1) is 9.85. The van der Waals surface area contributed by atoms with Crippen LogP contribution in [-0.4, -0.2) is 26.2 Å². The Hall–Kier alpha value is -2.23. The molecule has 1 aliphatic rings. The molecule has 2 N–H and O–H groups in total. The molecule has 1 aliphatic heterocycles. The van der Waals surface area contributed by atoms with Crippen molar-refractivity contribution in [3.05, 3.63) is 42.0 Å². The third kappa shape index (κ3) is 2.85. The Labute approximate surface area is 118 Å². The Morgan fingerprint density at radius 1 is 1.20 bits per heavy atom. The summed E-state index contributed by atoms with van der Waals surface area (Å²) in [5, 5.41) is 9.02. The summed E-state index contributed by atoms with van der Waals surface area (Å²) in [7, 11) is 1.69. The van der Waals surface area contributed by atoms with Crippen molar-refractivity contribution in [3.8, 4) is 5.75 Å². The maximum Gasteiger partial charge on any atom is 0.191 e. The van der Waals surface area contributed by atoms with Gasteiger partial charge in [0.25, 0.3) is 0 Å². The molecule has 0 radical (unpaired) electrons. The zero-order valence-electron chi connectivity index (χ0n) is 11.6. The van der Waals surface area contributed by atoms with Crippen LogP contribution in [0.1, 0.15) is 12.0 Å². The molecule has 0 saturated carbocycles. The van der Waals surface area contributed by atoms with Crippen molar-refractivity contribution < 1.29 is 4.74 Å². The summed E-state index contributed by atoms with van der Waals surface area (Å²) in [5.74, 6) is 1.80. The van der Waals surface area contributed by atoms with E-state index >= 15 is 0 Å². The fraction of sp³-hybridized carbons (Fsp3) is 0.312. The first kappa shape index (κ1) is 12.8. The van der Waals surface area contributed by atoms with Crippen molar-refractivity contribution in [2.75, 3.05) is 20.2 Å². The van der Waals surface area contributed by atoms with Crippen molar-refractivity contribution in [1.82, 2.24) is 10.6 Å². The number of guanidine groups is 1. The van der Waals surface area contributed by atoms with Crippen LogP contribution in [0.2, 0.25) is 0 Å². The van der Waals surface area contributed by atoms with Gasteiger partial charge < -0.3 is 15.4 Å². The van der Waals surface area contributed by atoms with Gasteiger partial charge in [0.1, 0.15) is 5.75 Å². The lowest BCUT2D eigenvalue weighted by molar-refractivity contribution is 0.415. The lowest BCUT2D eigenvalue weighted by Crippen LogP contribution is -2.40. The van der Waals surface area contributed by atoms with E-state index in [0.717, 1.165) is 37.8 Å². The van der Waals surface area contributed by atoms with Gasteiger partial charge in [0.05, 0.1) is 7.11 Å². The Balaban J connectivity index is 1.73. The molecule has 0 atom stereocenters. The topological polar surface area (TPSA) is 45.6 Å². The third-order valence-corrected chi connectivity index (χ3v) is 3.47. The van der Waals surface area contributed by atoms with Crippen LogP contribution in [0, 0.1) is 0 Å². The third-order valence-electron chi connectivity index (χ3n) is 3.47. The molecule has 4 heteroatoms. The predicted molar refractivity (Wildman–Crippen MR) is 82.3 cm³/mol. The van der Waals surface area contributed by atoms with E-state index in [1.165, 1.54) is 16.3 Å². The minimum atomic E-state index is 0.786. The van der Waals surface area contributed by atoms with Gasteiger partial charge >= 0.3 is 0 Å². The van der Waals surface area contributed by atoms with Crippen LogP contribution < -0.4 is 15.4 Å². The van der Waals surface area contributed by atoms with Crippen LogP contribution in [0.3, 0.4) is 0 Å². The van der Waals surface area contributed by atoms with Gasteiger partial charge in [0.2, 0.25) is 0 Å². The molecule has 0 unspecified atom stereocenters. The van der Waals surface area contributed by atoms with Crippen LogP contribution in [0.5, 0.6) is 5.75 Å². The fourth-order valence-electron chi connectivity index (χ4n) is 2.35. The second-order valence-corrected chi connectivity index (χ2v) is 4.91. The molecule has 3 rings (SSSR count). The molecule has 0 aliphatic carbocycles. The van der Waals surface area contributed by atoms with Gasteiger partial charge in [-0.05, 0) is 41.0 Å². The molecule has 0 saturated heterocycles. The molecule has 1 heterocycles. The smallest absolute Gasteiger partial charge is 0.191 e. The van der Waals surface area contributed by atoms with Crippen molar-refractivity contribution in [3.63, 3.8) is 0 Å². The van der Waals surface area contributed by atoms with Crippen LogP contribution in [0.25, 0.3) is 10.8 Å². The normalized spacial score (nSPS) is 14.6. The van der Waals surface area contributed by atoms with E-state index < -0.39 is 0 Å². The Bertz CT molecular complexity index is 637. The zero-order valence-corrected chi connectivity index (χ0v) is 11.6. The first-order valence-corrected chi connectivity index (χ1v) is 6.94. The Kier molecular flexibility index (Phi) is 3.72. The zero-order chi connectivity index (χ0) is 13.8. The Morgan fingerprint density at radius 3 is 2.85 bits per heavy atom. The number of nitrogens with zero attached hydrogens (tertiary/aromatic N) is 1. The standard InChI is InChI=1S/C16H19N3O/c1-20-15-6-5-13-9-12(3-4-14(13)10-15)11-19-16-17-7-2-8-18-16/h3-6,9-10H,2,7-8,11H2,1H3,(H2,17,18,19). The number of benzene rings is 2. The quantitative estimate of drug-likeness (QED) is 0.898. The average Bonchev–Trinajstić information content (AvgIpc) is 2.53. The molecule has 0 spiro atoms. The number of nitrogens with one attached hydrogen (secondary N) is 2. The molecular weight excluding hydrogens is 250 g/mol. The van der Waals surface area contributed by atoms with Gasteiger partial charge in [-0.25, -0.2) is 0 Å². The molecular formula is C16H19N3O. The van der Waals surface area contributed by atoms with E-state index in [9.17, 15) is 0 Å². The van der Waals surface area contributed by atoms with E-state index in [1.807, 2.05) is 6.07 Å². The highest BCUT2D eigenvalue weighted by molar-refractivity contribution is 5.85. The number of aliphatic imine (C=N–C) groups is 1. The van der Waals surface area contributed by atoms with E-state index in [2.05, 4.69) is 46.0 Å². The fourth-order valence-corrected chi connectivity index (χ4v) is 2.35. The number of hydrogen-bond donors (Lipinski definition) is 2. The summed E-state index contributed by atoms with van der Waals surface area (Å²) in [6.07, 6.45) is 1.11. The summed E-state index contributed by atoms with van der Waals surface area (Å²) >= 11 is 0. The number of hydrogen-bond acceptors (Lipinski definition) is 4. The summed E-state index contributed by atoms with van der Waals surface area (Å²) in [6, 6.07) is 12.6. The second-order valence-electron chi connectivity index (χ2n) is 4.91. The second kappa shape index (κ2) is 5.82. The van der Waals surface area contributed by atoms with E-state index in [-0.39, 0.29) is 0 Å². The van der Waals surface area contributed by atoms with Gasteiger partial charge in [-0.1, -0.05) is 18.2 Å². The van der Waals surface area contributed by atoms with E-state index in [0.29, 0.717) is 0 Å². The average molecular weight is 269 g/mol. The maximum absolute atomic E-state index is 5.24. The highest BCUT2D eigenvalue weighted by Crippen LogP contribution is 2.21. The molecule has 0 bridgehead atoms. The first-order valence-electron chi connectivity index (χ1n) is 6.94. The Morgan fingerprint density at radius 2 is 2.05 bits per heavy atom. The highest BCUT2D eigenvalue weighted by atomic mass is 16.5. The van der Waals surface area contributed by atoms with Crippen molar-refractivity contribution >= 4 is 16.7 Å². The van der Waals surface area contributed by atoms with Gasteiger partial charge in [-0.2, -0.15) is 0 Å². The predicted octanol–water partition coefficient (Wildman–Crippen LogP) is 2.29. The molecule has 0 amide bonds. The lowest BCUT2D eigenvalue weighted by atomic mass is 10.1. The van der Waals surface area contributed by atoms with E-state index in [4.69, 9.17) is 4.74 Å². The minimum absolute atomic E-state index is 0.786. The van der Waals surface area contributed by atoms with Gasteiger partial charge in [-0.15, -0.1) is 0 Å². The van der Waals surface area contributed by atoms with Crippen LogP contribution in [0.15, 0.2) is 41.4 Å². The summed E-state index contributed by atoms with van der Waals surface area (Å²) in [5.41, 5.74) is 1.25. The molecule has 4 nitrogen and oxygen atoms in total. The molecule has 2 aromatic carbocycles. The van der Waals surface area contributed by atoms with Crippen molar-refractivity contribution in [2.24, 2.45) is 4.99 Å². The highest BCUT2D eigenvalue weighted by Gasteiger charge is 2.04. The van der Waals surface area contributed by atoms with Crippen molar-refractivity contribution in [1.29, 1.82) is 0 Å².